The van der Waals surface area contributed by atoms with Crippen LogP contribution in [-0.2, 0) is 28.6 Å². The van der Waals surface area contributed by atoms with Crippen molar-refractivity contribution in [1.29, 1.82) is 0 Å². The van der Waals surface area contributed by atoms with E-state index in [0.29, 0.717) is 19.3 Å². The molecule has 1 unspecified atom stereocenters. The molecule has 0 fully saturated rings. The van der Waals surface area contributed by atoms with Crippen molar-refractivity contribution in [3.8, 4) is 0 Å². The number of unbranched alkanes of at least 4 members (excludes halogenated alkanes) is 28. The molecule has 0 heterocycles. The topological polar surface area (TPSA) is 78.9 Å². The molecule has 61 heavy (non-hydrogen) atoms. The predicted molar refractivity (Wildman–Crippen MR) is 261 cm³/mol. The predicted octanol–water partition coefficient (Wildman–Crippen LogP) is 17.1. The molecule has 354 valence electrons. The van der Waals surface area contributed by atoms with E-state index < -0.39 is 6.10 Å². The number of ether oxygens (including phenoxy) is 3. The second kappa shape index (κ2) is 50.0. The molecule has 0 aliphatic carbocycles. The minimum absolute atomic E-state index is 0.0784. The lowest BCUT2D eigenvalue weighted by atomic mass is 10.1. The van der Waals surface area contributed by atoms with Crippen molar-refractivity contribution in [3.63, 3.8) is 0 Å². The molecule has 0 bridgehead atoms. The highest BCUT2D eigenvalue weighted by atomic mass is 16.6. The van der Waals surface area contributed by atoms with Gasteiger partial charge in [0.1, 0.15) is 13.2 Å². The van der Waals surface area contributed by atoms with Gasteiger partial charge in [0.2, 0.25) is 0 Å². The second-order valence-corrected chi connectivity index (χ2v) is 17.4. The van der Waals surface area contributed by atoms with Crippen LogP contribution in [0, 0.1) is 0 Å². The van der Waals surface area contributed by atoms with E-state index in [4.69, 9.17) is 14.2 Å². The van der Waals surface area contributed by atoms with Gasteiger partial charge in [-0.1, -0.05) is 211 Å². The van der Waals surface area contributed by atoms with Gasteiger partial charge in [-0.05, 0) is 83.5 Å². The summed E-state index contributed by atoms with van der Waals surface area (Å²) in [6.45, 7) is 6.56. The van der Waals surface area contributed by atoms with Gasteiger partial charge in [0.25, 0.3) is 0 Å². The first kappa shape index (κ1) is 58.4. The molecule has 0 aliphatic rings. The highest BCUT2D eigenvalue weighted by Gasteiger charge is 2.19. The summed E-state index contributed by atoms with van der Waals surface area (Å²) in [7, 11) is 0. The van der Waals surface area contributed by atoms with Crippen molar-refractivity contribution in [2.24, 2.45) is 0 Å². The molecule has 0 aromatic carbocycles. The van der Waals surface area contributed by atoms with Crippen LogP contribution in [0.25, 0.3) is 0 Å². The lowest BCUT2D eigenvalue weighted by molar-refractivity contribution is -0.167. The lowest BCUT2D eigenvalue weighted by Gasteiger charge is -2.18. The maximum absolute atomic E-state index is 12.8. The summed E-state index contributed by atoms with van der Waals surface area (Å²) in [6, 6.07) is 0. The number of carbonyl (C=O) groups excluding carboxylic acids is 3. The first-order valence-corrected chi connectivity index (χ1v) is 26.1. The molecule has 6 nitrogen and oxygen atoms in total. The van der Waals surface area contributed by atoms with Gasteiger partial charge in [0.15, 0.2) is 6.10 Å². The molecule has 1 atom stereocenters. The summed E-state index contributed by atoms with van der Waals surface area (Å²) in [5, 5.41) is 0. The van der Waals surface area contributed by atoms with E-state index in [-0.39, 0.29) is 31.1 Å². The maximum atomic E-state index is 12.8. The fourth-order valence-electron chi connectivity index (χ4n) is 7.33. The van der Waals surface area contributed by atoms with Gasteiger partial charge in [0, 0.05) is 19.3 Å². The molecule has 0 saturated heterocycles. The standard InChI is InChI=1S/C55H98O6/c1-4-7-10-13-16-19-21-23-25-26-27-28-30-31-33-36-39-42-45-48-54(57)60-51-52(50-59-53(56)47-44-41-38-35-18-15-12-9-6-3)61-55(58)49-46-43-40-37-34-32-29-24-22-20-17-14-11-8-5-2/h16-17,19-20,23-25,29,52H,4-15,18,21-22,26-28,30-51H2,1-3H3/b19-16-,20-17-,25-23-,29-24-. The number of esters is 3. The van der Waals surface area contributed by atoms with E-state index in [1.165, 1.54) is 135 Å². The lowest BCUT2D eigenvalue weighted by Crippen LogP contribution is -2.30. The van der Waals surface area contributed by atoms with Crippen molar-refractivity contribution < 1.29 is 28.6 Å². The van der Waals surface area contributed by atoms with E-state index in [9.17, 15) is 14.4 Å². The molecule has 0 spiro atoms. The largest absolute Gasteiger partial charge is 0.462 e. The van der Waals surface area contributed by atoms with Gasteiger partial charge in [-0.15, -0.1) is 0 Å². The average Bonchev–Trinajstić information content (AvgIpc) is 3.26. The first-order chi connectivity index (χ1) is 30.0. The molecule has 0 saturated carbocycles. The van der Waals surface area contributed by atoms with Crippen LogP contribution in [0.3, 0.4) is 0 Å². The third-order valence-electron chi connectivity index (χ3n) is 11.3. The van der Waals surface area contributed by atoms with Gasteiger partial charge in [0.05, 0.1) is 0 Å². The van der Waals surface area contributed by atoms with Crippen molar-refractivity contribution >= 4 is 17.9 Å². The Kier molecular flexibility index (Phi) is 47.9. The number of hydrogen-bond acceptors (Lipinski definition) is 6. The van der Waals surface area contributed by atoms with E-state index >= 15 is 0 Å². The van der Waals surface area contributed by atoms with E-state index in [0.717, 1.165) is 89.9 Å². The molecule has 0 aromatic heterocycles. The smallest absolute Gasteiger partial charge is 0.306 e. The fraction of sp³-hybridized carbons (Fsp3) is 0.800. The normalized spacial score (nSPS) is 12.4. The number of rotatable bonds is 47. The molecule has 0 aromatic rings. The Hall–Kier alpha value is -2.63. The van der Waals surface area contributed by atoms with Crippen molar-refractivity contribution in [1.82, 2.24) is 0 Å². The molecular formula is C55H98O6. The Morgan fingerprint density at radius 3 is 0.934 bits per heavy atom. The maximum Gasteiger partial charge on any atom is 0.306 e. The third-order valence-corrected chi connectivity index (χ3v) is 11.3. The Balaban J connectivity index is 4.31. The minimum Gasteiger partial charge on any atom is -0.462 e. The van der Waals surface area contributed by atoms with Gasteiger partial charge >= 0.3 is 17.9 Å². The summed E-state index contributed by atoms with van der Waals surface area (Å²) in [5.74, 6) is -0.893. The monoisotopic (exact) mass is 855 g/mol. The Labute approximate surface area is 378 Å². The molecule has 0 rings (SSSR count). The minimum atomic E-state index is -0.778. The molecule has 0 aliphatic heterocycles. The van der Waals surface area contributed by atoms with Crippen LogP contribution in [0.1, 0.15) is 265 Å². The number of allylic oxidation sites excluding steroid dienone is 8. The SMILES string of the molecule is CCCCC/C=C\C/C=C\CCCCCCCCCCCC(=O)OCC(COC(=O)CCCCCCCCCCC)OC(=O)CCCCCCC/C=C\C/C=C\CCCCC. The fourth-order valence-corrected chi connectivity index (χ4v) is 7.33. The highest BCUT2D eigenvalue weighted by molar-refractivity contribution is 5.71. The summed E-state index contributed by atoms with van der Waals surface area (Å²) < 4.78 is 16.8. The van der Waals surface area contributed by atoms with Gasteiger partial charge < -0.3 is 14.2 Å². The van der Waals surface area contributed by atoms with Crippen molar-refractivity contribution in [2.45, 2.75) is 271 Å². The summed E-state index contributed by atoms with van der Waals surface area (Å²) in [5.41, 5.74) is 0. The Morgan fingerprint density at radius 1 is 0.328 bits per heavy atom. The molecule has 0 amide bonds. The Morgan fingerprint density at radius 2 is 0.590 bits per heavy atom. The summed E-state index contributed by atoms with van der Waals surface area (Å²) in [4.78, 5) is 37.9. The molecule has 0 N–H and O–H groups in total. The van der Waals surface area contributed by atoms with E-state index in [2.05, 4.69) is 69.4 Å². The average molecular weight is 855 g/mol. The van der Waals surface area contributed by atoms with Crippen LogP contribution < -0.4 is 0 Å². The Bertz CT molecular complexity index is 1070. The van der Waals surface area contributed by atoms with Crippen LogP contribution in [0.2, 0.25) is 0 Å². The van der Waals surface area contributed by atoms with Crippen LogP contribution in [0.5, 0.6) is 0 Å². The molecule has 6 heteroatoms. The third kappa shape index (κ3) is 48.3. The van der Waals surface area contributed by atoms with Crippen molar-refractivity contribution in [2.75, 3.05) is 13.2 Å². The van der Waals surface area contributed by atoms with E-state index in [1.807, 2.05) is 0 Å². The first-order valence-electron chi connectivity index (χ1n) is 26.1. The van der Waals surface area contributed by atoms with Crippen LogP contribution in [0.15, 0.2) is 48.6 Å². The highest BCUT2D eigenvalue weighted by Crippen LogP contribution is 2.15. The van der Waals surface area contributed by atoms with Gasteiger partial charge in [-0.25, -0.2) is 0 Å². The zero-order valence-corrected chi connectivity index (χ0v) is 40.4. The number of carbonyl (C=O) groups is 3. The van der Waals surface area contributed by atoms with Crippen LogP contribution in [-0.4, -0.2) is 37.2 Å². The molecule has 0 radical (unpaired) electrons. The van der Waals surface area contributed by atoms with Crippen LogP contribution >= 0.6 is 0 Å². The quantitative estimate of drug-likeness (QED) is 0.0263. The van der Waals surface area contributed by atoms with Crippen molar-refractivity contribution in [3.05, 3.63) is 48.6 Å². The van der Waals surface area contributed by atoms with E-state index in [1.54, 1.807) is 0 Å². The summed E-state index contributed by atoms with van der Waals surface area (Å²) in [6.07, 6.45) is 59.5. The van der Waals surface area contributed by atoms with Crippen LogP contribution in [0.4, 0.5) is 0 Å². The second-order valence-electron chi connectivity index (χ2n) is 17.4. The number of hydrogen-bond donors (Lipinski definition) is 0. The zero-order chi connectivity index (χ0) is 44.4. The van der Waals surface area contributed by atoms with Gasteiger partial charge in [-0.3, -0.25) is 14.4 Å². The summed E-state index contributed by atoms with van der Waals surface area (Å²) >= 11 is 0. The van der Waals surface area contributed by atoms with Gasteiger partial charge in [-0.2, -0.15) is 0 Å². The molecular weight excluding hydrogens is 757 g/mol. The zero-order valence-electron chi connectivity index (χ0n) is 40.4.